The first-order valence-electron chi connectivity index (χ1n) is 6.44. The van der Waals surface area contributed by atoms with Crippen LogP contribution >= 0.6 is 11.6 Å². The Morgan fingerprint density at radius 3 is 2.65 bits per heavy atom. The molecule has 94 valence electrons. The molecule has 0 aromatic heterocycles. The normalized spacial score (nSPS) is 17.1. The van der Waals surface area contributed by atoms with Crippen LogP contribution in [-0.2, 0) is 6.54 Å². The highest BCUT2D eigenvalue weighted by atomic mass is 35.5. The molecule has 0 bridgehead atoms. The Morgan fingerprint density at radius 2 is 2.00 bits per heavy atom. The van der Waals surface area contributed by atoms with Crippen LogP contribution in [0.2, 0.25) is 5.02 Å². The van der Waals surface area contributed by atoms with Crippen LogP contribution in [0.4, 0.5) is 5.69 Å². The van der Waals surface area contributed by atoms with Crippen LogP contribution in [0.15, 0.2) is 18.2 Å². The Kier molecular flexibility index (Phi) is 4.30. The van der Waals surface area contributed by atoms with Crippen LogP contribution in [0.25, 0.3) is 0 Å². The first kappa shape index (κ1) is 12.7. The van der Waals surface area contributed by atoms with E-state index in [2.05, 4.69) is 18.0 Å². The summed E-state index contributed by atoms with van der Waals surface area (Å²) in [4.78, 5) is 2.34. The zero-order valence-electron chi connectivity index (χ0n) is 10.5. The van der Waals surface area contributed by atoms with E-state index in [9.17, 15) is 0 Å². The molecule has 0 unspecified atom stereocenters. The maximum atomic E-state index is 6.33. The van der Waals surface area contributed by atoms with Crippen molar-refractivity contribution in [1.82, 2.24) is 0 Å². The summed E-state index contributed by atoms with van der Waals surface area (Å²) in [6.07, 6.45) is 6.57. The maximum absolute atomic E-state index is 6.33. The molecule has 1 aromatic rings. The summed E-state index contributed by atoms with van der Waals surface area (Å²) >= 11 is 6.33. The first-order valence-corrected chi connectivity index (χ1v) is 6.82. The first-order chi connectivity index (χ1) is 8.24. The molecule has 0 heterocycles. The molecule has 2 rings (SSSR count). The predicted molar refractivity (Wildman–Crippen MR) is 74.6 cm³/mol. The molecule has 0 atom stereocenters. The molecule has 17 heavy (non-hydrogen) atoms. The van der Waals surface area contributed by atoms with E-state index < -0.39 is 0 Å². The SMILES string of the molecule is CN(c1c(Cl)cccc1CN)C1CCCCC1. The molecule has 0 radical (unpaired) electrons. The topological polar surface area (TPSA) is 29.3 Å². The molecule has 0 aliphatic heterocycles. The van der Waals surface area contributed by atoms with Gasteiger partial charge in [0, 0.05) is 19.6 Å². The van der Waals surface area contributed by atoms with E-state index in [-0.39, 0.29) is 0 Å². The number of para-hydroxylation sites is 1. The van der Waals surface area contributed by atoms with Gasteiger partial charge in [0.1, 0.15) is 0 Å². The molecule has 1 aromatic carbocycles. The van der Waals surface area contributed by atoms with Gasteiger partial charge in [-0.3, -0.25) is 0 Å². The van der Waals surface area contributed by atoms with Crippen LogP contribution in [0, 0.1) is 0 Å². The lowest BCUT2D eigenvalue weighted by molar-refractivity contribution is 0.427. The average molecular weight is 253 g/mol. The van der Waals surface area contributed by atoms with Crippen LogP contribution in [0.5, 0.6) is 0 Å². The van der Waals surface area contributed by atoms with Gasteiger partial charge >= 0.3 is 0 Å². The largest absolute Gasteiger partial charge is 0.370 e. The molecule has 1 saturated carbocycles. The highest BCUT2D eigenvalue weighted by Gasteiger charge is 2.21. The number of benzene rings is 1. The lowest BCUT2D eigenvalue weighted by Crippen LogP contribution is -2.34. The lowest BCUT2D eigenvalue weighted by atomic mass is 9.94. The Hall–Kier alpha value is -0.730. The molecule has 3 heteroatoms. The van der Waals surface area contributed by atoms with Gasteiger partial charge < -0.3 is 10.6 Å². The van der Waals surface area contributed by atoms with E-state index >= 15 is 0 Å². The summed E-state index contributed by atoms with van der Waals surface area (Å²) in [6.45, 7) is 0.549. The average Bonchev–Trinajstić information content (AvgIpc) is 2.38. The summed E-state index contributed by atoms with van der Waals surface area (Å²) in [7, 11) is 2.15. The highest BCUT2D eigenvalue weighted by molar-refractivity contribution is 6.33. The molecular weight excluding hydrogens is 232 g/mol. The van der Waals surface area contributed by atoms with E-state index in [1.165, 1.54) is 32.1 Å². The van der Waals surface area contributed by atoms with Crippen LogP contribution in [0.1, 0.15) is 37.7 Å². The zero-order valence-corrected chi connectivity index (χ0v) is 11.2. The Balaban J connectivity index is 2.25. The standard InChI is InChI=1S/C14H21ClN2/c1-17(12-7-3-2-4-8-12)14-11(10-16)6-5-9-13(14)15/h5-6,9,12H,2-4,7-8,10,16H2,1H3. The molecule has 1 fully saturated rings. The van der Waals surface area contributed by atoms with Crippen molar-refractivity contribution < 1.29 is 0 Å². The summed E-state index contributed by atoms with van der Waals surface area (Å²) in [6, 6.07) is 6.62. The van der Waals surface area contributed by atoms with E-state index in [4.69, 9.17) is 17.3 Å². The van der Waals surface area contributed by atoms with Crippen molar-refractivity contribution in [1.29, 1.82) is 0 Å². The number of nitrogens with zero attached hydrogens (tertiary/aromatic N) is 1. The van der Waals surface area contributed by atoms with Gasteiger partial charge in [0.25, 0.3) is 0 Å². The van der Waals surface area contributed by atoms with Crippen molar-refractivity contribution in [3.63, 3.8) is 0 Å². The molecule has 1 aliphatic rings. The van der Waals surface area contributed by atoms with E-state index in [0.29, 0.717) is 12.6 Å². The second kappa shape index (κ2) is 5.74. The van der Waals surface area contributed by atoms with Crippen molar-refractivity contribution in [2.45, 2.75) is 44.7 Å². The van der Waals surface area contributed by atoms with Gasteiger partial charge in [-0.05, 0) is 24.5 Å². The summed E-state index contributed by atoms with van der Waals surface area (Å²) < 4.78 is 0. The summed E-state index contributed by atoms with van der Waals surface area (Å²) in [5, 5.41) is 0.820. The molecule has 0 saturated heterocycles. The smallest absolute Gasteiger partial charge is 0.0642 e. The molecule has 0 spiro atoms. The van der Waals surface area contributed by atoms with Gasteiger partial charge in [0.05, 0.1) is 10.7 Å². The lowest BCUT2D eigenvalue weighted by Gasteiger charge is -2.34. The number of hydrogen-bond donors (Lipinski definition) is 1. The second-order valence-corrected chi connectivity index (χ2v) is 5.26. The van der Waals surface area contributed by atoms with Gasteiger partial charge in [-0.2, -0.15) is 0 Å². The minimum absolute atomic E-state index is 0.549. The van der Waals surface area contributed by atoms with Crippen LogP contribution in [0.3, 0.4) is 0 Å². The van der Waals surface area contributed by atoms with E-state index in [1.54, 1.807) is 0 Å². The van der Waals surface area contributed by atoms with Gasteiger partial charge in [-0.1, -0.05) is 43.0 Å². The highest BCUT2D eigenvalue weighted by Crippen LogP contribution is 2.33. The molecule has 1 aliphatic carbocycles. The fourth-order valence-corrected chi connectivity index (χ4v) is 3.10. The Bertz CT molecular complexity index is 372. The van der Waals surface area contributed by atoms with E-state index in [0.717, 1.165) is 16.3 Å². The van der Waals surface area contributed by atoms with E-state index in [1.807, 2.05) is 12.1 Å². The zero-order chi connectivity index (χ0) is 12.3. The van der Waals surface area contributed by atoms with Gasteiger partial charge in [0.2, 0.25) is 0 Å². The predicted octanol–water partition coefficient (Wildman–Crippen LogP) is 3.57. The fraction of sp³-hybridized carbons (Fsp3) is 0.571. The number of nitrogens with two attached hydrogens (primary N) is 1. The Morgan fingerprint density at radius 1 is 1.29 bits per heavy atom. The quantitative estimate of drug-likeness (QED) is 0.891. The van der Waals surface area contributed by atoms with Gasteiger partial charge in [0.15, 0.2) is 0 Å². The fourth-order valence-electron chi connectivity index (χ4n) is 2.77. The molecular formula is C14H21ClN2. The monoisotopic (exact) mass is 252 g/mol. The van der Waals surface area contributed by atoms with Crippen LogP contribution in [-0.4, -0.2) is 13.1 Å². The number of anilines is 1. The Labute approximate surface area is 109 Å². The molecule has 0 amide bonds. The van der Waals surface area contributed by atoms with Crippen molar-refractivity contribution >= 4 is 17.3 Å². The van der Waals surface area contributed by atoms with Crippen molar-refractivity contribution in [3.05, 3.63) is 28.8 Å². The number of hydrogen-bond acceptors (Lipinski definition) is 2. The second-order valence-electron chi connectivity index (χ2n) is 4.85. The van der Waals surface area contributed by atoms with Crippen molar-refractivity contribution in [2.24, 2.45) is 5.73 Å². The van der Waals surface area contributed by atoms with Crippen molar-refractivity contribution in [3.8, 4) is 0 Å². The number of halogens is 1. The molecule has 2 N–H and O–H groups in total. The van der Waals surface area contributed by atoms with Gasteiger partial charge in [-0.15, -0.1) is 0 Å². The third-order valence-corrected chi connectivity index (χ3v) is 4.07. The third-order valence-electron chi connectivity index (χ3n) is 3.77. The van der Waals surface area contributed by atoms with Gasteiger partial charge in [-0.25, -0.2) is 0 Å². The number of rotatable bonds is 3. The van der Waals surface area contributed by atoms with Crippen LogP contribution < -0.4 is 10.6 Å². The minimum atomic E-state index is 0.549. The molecule has 2 nitrogen and oxygen atoms in total. The maximum Gasteiger partial charge on any atom is 0.0642 e. The minimum Gasteiger partial charge on any atom is -0.370 e. The van der Waals surface area contributed by atoms with Crippen molar-refractivity contribution in [2.75, 3.05) is 11.9 Å². The summed E-state index contributed by atoms with van der Waals surface area (Å²) in [5.74, 6) is 0. The summed E-state index contributed by atoms with van der Waals surface area (Å²) in [5.41, 5.74) is 8.07. The third kappa shape index (κ3) is 2.75.